The van der Waals surface area contributed by atoms with Gasteiger partial charge < -0.3 is 30.0 Å². The Labute approximate surface area is 247 Å². The number of hydrogen-bond acceptors (Lipinski definition) is 12. The first kappa shape index (κ1) is 32.4. The molecule has 1 aliphatic rings. The van der Waals surface area contributed by atoms with Crippen LogP contribution in [0.4, 0.5) is 11.6 Å². The third kappa shape index (κ3) is 9.48. The van der Waals surface area contributed by atoms with Crippen LogP contribution in [0, 0.1) is 0 Å². The molecule has 2 aromatic rings. The number of piperazine rings is 1. The van der Waals surface area contributed by atoms with Gasteiger partial charge >= 0.3 is 0 Å². The predicted molar refractivity (Wildman–Crippen MR) is 165 cm³/mol. The molecule has 3 rings (SSSR count). The second kappa shape index (κ2) is 14.7. The van der Waals surface area contributed by atoms with Gasteiger partial charge in [-0.25, -0.2) is 8.42 Å². The van der Waals surface area contributed by atoms with Gasteiger partial charge in [-0.1, -0.05) is 11.8 Å². The Kier molecular flexibility index (Phi) is 11.9. The minimum atomic E-state index is -3.84. The Bertz CT molecular complexity index is 1240. The Morgan fingerprint density at radius 1 is 1.23 bits per heavy atom. The molecule has 3 heterocycles. The molecule has 0 amide bonds. The summed E-state index contributed by atoms with van der Waals surface area (Å²) in [6.07, 6.45) is 5.76. The van der Waals surface area contributed by atoms with Crippen LogP contribution in [0.25, 0.3) is 0 Å². The number of unbranched alkanes of at least 4 members (excludes halogenated alkanes) is 1. The summed E-state index contributed by atoms with van der Waals surface area (Å²) in [7, 11) is -0.173. The number of aromatic nitrogens is 2. The van der Waals surface area contributed by atoms with Crippen molar-refractivity contribution in [3.05, 3.63) is 45.3 Å². The van der Waals surface area contributed by atoms with Crippen LogP contribution in [0.2, 0.25) is 0 Å². The molecule has 1 fully saturated rings. The number of aryl methyl sites for hydroxylation is 1. The Morgan fingerprint density at radius 2 is 1.93 bits per heavy atom. The van der Waals surface area contributed by atoms with E-state index in [1.54, 1.807) is 33.1 Å². The number of nitrogens with zero attached hydrogens (tertiary/aromatic N) is 5. The summed E-state index contributed by atoms with van der Waals surface area (Å²) < 4.78 is 41.1. The summed E-state index contributed by atoms with van der Waals surface area (Å²) in [5.74, 6) is 1.92. The van der Waals surface area contributed by atoms with Crippen molar-refractivity contribution in [2.45, 2.75) is 59.0 Å². The molecule has 0 spiro atoms. The number of hydrogen-bond donors (Lipinski definition) is 3. The molecular weight excluding hydrogens is 571 g/mol. The zero-order chi connectivity index (χ0) is 29.3. The number of aliphatic hydroxyl groups excluding tert-OH is 1. The van der Waals surface area contributed by atoms with E-state index in [0.29, 0.717) is 30.1 Å². The first-order chi connectivity index (χ1) is 18.9. The largest absolute Gasteiger partial charge is 0.514 e. The minimum Gasteiger partial charge on any atom is -0.514 e. The number of aliphatic hydroxyl groups is 1. The van der Waals surface area contributed by atoms with Crippen molar-refractivity contribution in [3.8, 4) is 0 Å². The SMILES string of the molecule is C/C(=C\S/C(=C/O)S(=O)(=O)N(C)C(C)(C)C)Nc1nsnc1NCc1cc(CCCCN2CCN(C)CC2)co1. The van der Waals surface area contributed by atoms with E-state index < -0.39 is 15.6 Å². The first-order valence-corrected chi connectivity index (χ1v) is 16.4. The molecule has 14 heteroatoms. The number of likely N-dealkylation sites (N-methyl/N-ethyl adjacent to an activating group) is 1. The highest BCUT2D eigenvalue weighted by Crippen LogP contribution is 2.30. The number of thioether (sulfide) groups is 1. The smallest absolute Gasteiger partial charge is 0.252 e. The van der Waals surface area contributed by atoms with Gasteiger partial charge in [-0.3, -0.25) is 0 Å². The number of nitrogens with one attached hydrogen (secondary N) is 2. The lowest BCUT2D eigenvalue weighted by atomic mass is 10.1. The summed E-state index contributed by atoms with van der Waals surface area (Å²) in [5.41, 5.74) is 1.21. The molecule has 0 saturated carbocycles. The summed E-state index contributed by atoms with van der Waals surface area (Å²) in [6.45, 7) is 13.4. The van der Waals surface area contributed by atoms with Crippen molar-refractivity contribution in [1.29, 1.82) is 0 Å². The first-order valence-electron chi connectivity index (χ1n) is 13.4. The Hall–Kier alpha value is -2.10. The van der Waals surface area contributed by atoms with E-state index in [4.69, 9.17) is 4.42 Å². The third-order valence-electron chi connectivity index (χ3n) is 6.74. The fourth-order valence-corrected chi connectivity index (χ4v) is 6.95. The minimum absolute atomic E-state index is 0.172. The van der Waals surface area contributed by atoms with Gasteiger partial charge in [-0.2, -0.15) is 13.1 Å². The van der Waals surface area contributed by atoms with Gasteiger partial charge in [0, 0.05) is 44.5 Å². The van der Waals surface area contributed by atoms with E-state index in [1.165, 1.54) is 23.3 Å². The maximum absolute atomic E-state index is 12.8. The summed E-state index contributed by atoms with van der Waals surface area (Å²) in [4.78, 5) is 4.92. The summed E-state index contributed by atoms with van der Waals surface area (Å²) in [6, 6.07) is 2.08. The predicted octanol–water partition coefficient (Wildman–Crippen LogP) is 4.74. The van der Waals surface area contributed by atoms with Gasteiger partial charge in [-0.05, 0) is 77.6 Å². The van der Waals surface area contributed by atoms with Crippen molar-refractivity contribution in [2.24, 2.45) is 0 Å². The van der Waals surface area contributed by atoms with E-state index in [1.807, 2.05) is 6.26 Å². The highest BCUT2D eigenvalue weighted by Gasteiger charge is 2.32. The molecule has 40 heavy (non-hydrogen) atoms. The lowest BCUT2D eigenvalue weighted by Crippen LogP contribution is -2.44. The van der Waals surface area contributed by atoms with E-state index in [0.717, 1.165) is 74.8 Å². The van der Waals surface area contributed by atoms with E-state index in [-0.39, 0.29) is 4.24 Å². The Morgan fingerprint density at radius 3 is 2.60 bits per heavy atom. The van der Waals surface area contributed by atoms with Crippen LogP contribution < -0.4 is 10.6 Å². The molecular formula is C26H43N7O4S3. The molecule has 0 atom stereocenters. The average Bonchev–Trinajstić information content (AvgIpc) is 3.54. The molecule has 224 valence electrons. The molecule has 0 aliphatic carbocycles. The zero-order valence-corrected chi connectivity index (χ0v) is 26.8. The number of anilines is 2. The molecule has 1 saturated heterocycles. The topological polar surface area (TPSA) is 127 Å². The zero-order valence-electron chi connectivity index (χ0n) is 24.3. The van der Waals surface area contributed by atoms with Crippen molar-refractivity contribution < 1.29 is 17.9 Å². The second-order valence-corrected chi connectivity index (χ2v) is 14.6. The summed E-state index contributed by atoms with van der Waals surface area (Å²) in [5, 5.41) is 17.6. The van der Waals surface area contributed by atoms with Crippen molar-refractivity contribution in [2.75, 3.05) is 57.5 Å². The van der Waals surface area contributed by atoms with Crippen LogP contribution in [0.5, 0.6) is 0 Å². The normalized spacial score (nSPS) is 16.6. The van der Waals surface area contributed by atoms with Crippen LogP contribution in [-0.2, 0) is 23.0 Å². The van der Waals surface area contributed by atoms with Gasteiger partial charge in [0.15, 0.2) is 15.9 Å². The number of furan rings is 1. The van der Waals surface area contributed by atoms with Crippen LogP contribution in [0.15, 0.2) is 38.4 Å². The molecule has 0 unspecified atom stereocenters. The maximum atomic E-state index is 12.8. The lowest BCUT2D eigenvalue weighted by molar-refractivity contribution is 0.152. The standard InChI is InChI=1S/C26H43N7O4S3/c1-20(19-38-23(17-34)40(35,36)32(6)26(2,3)4)28-25-24(29-39-30-25)27-16-22-15-21(18-37-22)9-7-8-10-33-13-11-31(5)12-14-33/h15,17-19,34H,7-14,16H2,1-6H3,(H,27,29)(H,28,30)/b20-19+,23-17-. The highest BCUT2D eigenvalue weighted by molar-refractivity contribution is 8.19. The van der Waals surface area contributed by atoms with E-state index in [9.17, 15) is 13.5 Å². The van der Waals surface area contributed by atoms with Crippen molar-refractivity contribution in [1.82, 2.24) is 22.9 Å². The van der Waals surface area contributed by atoms with Crippen molar-refractivity contribution in [3.63, 3.8) is 0 Å². The van der Waals surface area contributed by atoms with Gasteiger partial charge in [0.25, 0.3) is 10.0 Å². The Balaban J connectivity index is 1.46. The lowest BCUT2D eigenvalue weighted by Gasteiger charge is -2.32. The van der Waals surface area contributed by atoms with E-state index >= 15 is 0 Å². The summed E-state index contributed by atoms with van der Waals surface area (Å²) >= 11 is 1.97. The van der Waals surface area contributed by atoms with E-state index in [2.05, 4.69) is 42.3 Å². The monoisotopic (exact) mass is 613 g/mol. The van der Waals surface area contributed by atoms with Gasteiger partial charge in [0.1, 0.15) is 12.0 Å². The molecule has 0 aromatic carbocycles. The van der Waals surface area contributed by atoms with Crippen LogP contribution in [0.3, 0.4) is 0 Å². The van der Waals surface area contributed by atoms with Gasteiger partial charge in [0.2, 0.25) is 0 Å². The fourth-order valence-electron chi connectivity index (χ4n) is 3.96. The number of allylic oxidation sites excluding steroid dienone is 1. The quantitative estimate of drug-likeness (QED) is 0.202. The van der Waals surface area contributed by atoms with Gasteiger partial charge in [0.05, 0.1) is 24.5 Å². The highest BCUT2D eigenvalue weighted by atomic mass is 32.3. The molecule has 0 bridgehead atoms. The second-order valence-electron chi connectivity index (χ2n) is 11.0. The van der Waals surface area contributed by atoms with Crippen LogP contribution >= 0.6 is 23.5 Å². The maximum Gasteiger partial charge on any atom is 0.252 e. The van der Waals surface area contributed by atoms with Gasteiger partial charge in [-0.15, -0.1) is 0 Å². The molecule has 11 nitrogen and oxygen atoms in total. The molecule has 2 aromatic heterocycles. The molecule has 3 N–H and O–H groups in total. The molecule has 1 aliphatic heterocycles. The number of rotatable bonds is 14. The fraction of sp³-hybridized carbons (Fsp3) is 0.615. The van der Waals surface area contributed by atoms with Crippen LogP contribution in [-0.4, -0.2) is 88.7 Å². The average molecular weight is 614 g/mol. The van der Waals surface area contributed by atoms with Crippen LogP contribution in [0.1, 0.15) is 51.9 Å². The van der Waals surface area contributed by atoms with Crippen molar-refractivity contribution >= 4 is 45.1 Å². The molecule has 0 radical (unpaired) electrons. The third-order valence-corrected chi connectivity index (χ3v) is 10.9. The number of sulfonamides is 1.